The quantitative estimate of drug-likeness (QED) is 0.759. The first-order chi connectivity index (χ1) is 14.6. The van der Waals surface area contributed by atoms with Gasteiger partial charge in [-0.2, -0.15) is 0 Å². The number of hydrogen-bond donors (Lipinski definition) is 0. The number of piperidine rings is 1. The molecule has 0 atom stereocenters. The molecular weight excluding hydrogens is 374 g/mol. The minimum Gasteiger partial charge on any atom is -0.495 e. The number of carbonyl (C=O) groups is 1. The average molecular weight is 408 g/mol. The maximum absolute atomic E-state index is 13.1. The van der Waals surface area contributed by atoms with E-state index in [0.29, 0.717) is 5.91 Å². The first-order valence-corrected chi connectivity index (χ1v) is 11.1. The SMILES string of the molecule is COc1ccccc1N1CCN(C(=O)C2CCN(Cc3ccc(C)cc3)CC2)CC1. The molecule has 0 radical (unpaired) electrons. The number of ether oxygens (including phenoxy) is 1. The lowest BCUT2D eigenvalue weighted by Crippen LogP contribution is -2.51. The lowest BCUT2D eigenvalue weighted by Gasteiger charge is -2.39. The van der Waals surface area contributed by atoms with Crippen LogP contribution in [0.25, 0.3) is 0 Å². The van der Waals surface area contributed by atoms with E-state index in [2.05, 4.69) is 52.0 Å². The van der Waals surface area contributed by atoms with Crippen LogP contribution in [0.15, 0.2) is 48.5 Å². The van der Waals surface area contributed by atoms with Crippen LogP contribution in [0.5, 0.6) is 5.75 Å². The summed E-state index contributed by atoms with van der Waals surface area (Å²) in [5, 5.41) is 0. The summed E-state index contributed by atoms with van der Waals surface area (Å²) in [5.74, 6) is 1.43. The fourth-order valence-corrected chi connectivity index (χ4v) is 4.61. The zero-order valence-electron chi connectivity index (χ0n) is 18.2. The van der Waals surface area contributed by atoms with Crippen LogP contribution < -0.4 is 9.64 Å². The van der Waals surface area contributed by atoms with E-state index < -0.39 is 0 Å². The molecule has 0 aliphatic carbocycles. The molecule has 0 saturated carbocycles. The average Bonchev–Trinajstić information content (AvgIpc) is 2.81. The molecule has 5 nitrogen and oxygen atoms in total. The lowest BCUT2D eigenvalue weighted by atomic mass is 9.94. The van der Waals surface area contributed by atoms with Crippen molar-refractivity contribution in [1.29, 1.82) is 0 Å². The number of likely N-dealkylation sites (tertiary alicyclic amines) is 1. The molecule has 4 rings (SSSR count). The second kappa shape index (κ2) is 9.52. The van der Waals surface area contributed by atoms with Gasteiger partial charge < -0.3 is 14.5 Å². The highest BCUT2D eigenvalue weighted by molar-refractivity contribution is 5.79. The predicted molar refractivity (Wildman–Crippen MR) is 121 cm³/mol. The molecule has 0 spiro atoms. The first kappa shape index (κ1) is 20.7. The van der Waals surface area contributed by atoms with E-state index in [1.54, 1.807) is 7.11 Å². The number of anilines is 1. The molecule has 0 unspecified atom stereocenters. The molecule has 0 aromatic heterocycles. The van der Waals surface area contributed by atoms with E-state index in [1.165, 1.54) is 11.1 Å². The Hall–Kier alpha value is -2.53. The Morgan fingerprint density at radius 3 is 2.27 bits per heavy atom. The van der Waals surface area contributed by atoms with Crippen molar-refractivity contribution in [2.24, 2.45) is 5.92 Å². The summed E-state index contributed by atoms with van der Waals surface area (Å²) in [6.07, 6.45) is 1.94. The Bertz CT molecular complexity index is 836. The summed E-state index contributed by atoms with van der Waals surface area (Å²) in [6.45, 7) is 8.42. The Morgan fingerprint density at radius 1 is 0.933 bits per heavy atom. The van der Waals surface area contributed by atoms with Gasteiger partial charge in [0.2, 0.25) is 5.91 Å². The van der Waals surface area contributed by atoms with Gasteiger partial charge in [0.05, 0.1) is 12.8 Å². The molecular formula is C25H33N3O2. The van der Waals surface area contributed by atoms with Crippen LogP contribution in [0.3, 0.4) is 0 Å². The third kappa shape index (κ3) is 4.78. The van der Waals surface area contributed by atoms with Crippen molar-refractivity contribution in [2.75, 3.05) is 51.3 Å². The van der Waals surface area contributed by atoms with Crippen LogP contribution in [0.2, 0.25) is 0 Å². The zero-order valence-corrected chi connectivity index (χ0v) is 18.2. The molecule has 30 heavy (non-hydrogen) atoms. The van der Waals surface area contributed by atoms with Gasteiger partial charge in [-0.1, -0.05) is 42.0 Å². The van der Waals surface area contributed by atoms with E-state index in [4.69, 9.17) is 4.74 Å². The fourth-order valence-electron chi connectivity index (χ4n) is 4.61. The molecule has 5 heteroatoms. The number of para-hydroxylation sites is 2. The third-order valence-electron chi connectivity index (χ3n) is 6.48. The highest BCUT2D eigenvalue weighted by Crippen LogP contribution is 2.29. The monoisotopic (exact) mass is 407 g/mol. The van der Waals surface area contributed by atoms with E-state index in [0.717, 1.165) is 70.1 Å². The standard InChI is InChI=1S/C25H33N3O2/c1-20-7-9-21(10-8-20)19-26-13-11-22(12-14-26)25(29)28-17-15-27(16-18-28)23-5-3-4-6-24(23)30-2/h3-10,22H,11-19H2,1-2H3. The van der Waals surface area contributed by atoms with Crippen molar-refractivity contribution in [3.63, 3.8) is 0 Å². The highest BCUT2D eigenvalue weighted by atomic mass is 16.5. The molecule has 0 N–H and O–H groups in total. The largest absolute Gasteiger partial charge is 0.495 e. The number of amides is 1. The van der Waals surface area contributed by atoms with E-state index in [9.17, 15) is 4.79 Å². The van der Waals surface area contributed by atoms with Crippen molar-refractivity contribution in [3.8, 4) is 5.75 Å². The van der Waals surface area contributed by atoms with Crippen molar-refractivity contribution < 1.29 is 9.53 Å². The second-order valence-electron chi connectivity index (χ2n) is 8.52. The predicted octanol–water partition coefficient (Wildman–Crippen LogP) is 3.56. The summed E-state index contributed by atoms with van der Waals surface area (Å²) in [6, 6.07) is 16.9. The van der Waals surface area contributed by atoms with Gasteiger partial charge in [0, 0.05) is 38.6 Å². The van der Waals surface area contributed by atoms with Gasteiger partial charge >= 0.3 is 0 Å². The van der Waals surface area contributed by atoms with Crippen molar-refractivity contribution >= 4 is 11.6 Å². The van der Waals surface area contributed by atoms with E-state index in [-0.39, 0.29) is 5.92 Å². The van der Waals surface area contributed by atoms with Crippen LogP contribution >= 0.6 is 0 Å². The van der Waals surface area contributed by atoms with Gasteiger partial charge in [-0.3, -0.25) is 9.69 Å². The Labute approximate surface area is 180 Å². The van der Waals surface area contributed by atoms with Crippen LogP contribution in [-0.2, 0) is 11.3 Å². The first-order valence-electron chi connectivity index (χ1n) is 11.1. The number of aryl methyl sites for hydroxylation is 1. The highest BCUT2D eigenvalue weighted by Gasteiger charge is 2.30. The smallest absolute Gasteiger partial charge is 0.225 e. The topological polar surface area (TPSA) is 36.0 Å². The Balaban J connectivity index is 1.25. The number of nitrogens with zero attached hydrogens (tertiary/aromatic N) is 3. The minimum atomic E-state index is 0.178. The molecule has 2 aliphatic rings. The number of hydrogen-bond acceptors (Lipinski definition) is 4. The number of rotatable bonds is 5. The van der Waals surface area contributed by atoms with Gasteiger partial charge in [0.15, 0.2) is 0 Å². The summed E-state index contributed by atoms with van der Waals surface area (Å²) in [7, 11) is 1.71. The van der Waals surface area contributed by atoms with Crippen LogP contribution in [0, 0.1) is 12.8 Å². The van der Waals surface area contributed by atoms with Gasteiger partial charge in [-0.05, 0) is 50.6 Å². The summed E-state index contributed by atoms with van der Waals surface area (Å²) in [5.41, 5.74) is 3.78. The van der Waals surface area contributed by atoms with E-state index in [1.807, 2.05) is 18.2 Å². The van der Waals surface area contributed by atoms with Crippen LogP contribution in [0.1, 0.15) is 24.0 Å². The third-order valence-corrected chi connectivity index (χ3v) is 6.48. The zero-order chi connectivity index (χ0) is 20.9. The molecule has 2 fully saturated rings. The maximum Gasteiger partial charge on any atom is 0.225 e. The van der Waals surface area contributed by atoms with Crippen molar-refractivity contribution in [1.82, 2.24) is 9.80 Å². The summed E-state index contributed by atoms with van der Waals surface area (Å²) >= 11 is 0. The second-order valence-corrected chi connectivity index (χ2v) is 8.52. The van der Waals surface area contributed by atoms with Gasteiger partial charge in [0.1, 0.15) is 5.75 Å². The fraction of sp³-hybridized carbons (Fsp3) is 0.480. The molecule has 2 aromatic carbocycles. The van der Waals surface area contributed by atoms with Gasteiger partial charge in [0.25, 0.3) is 0 Å². The molecule has 0 bridgehead atoms. The van der Waals surface area contributed by atoms with Crippen LogP contribution in [-0.4, -0.2) is 62.1 Å². The van der Waals surface area contributed by atoms with Gasteiger partial charge in [-0.25, -0.2) is 0 Å². The molecule has 2 aliphatic heterocycles. The molecule has 1 amide bonds. The van der Waals surface area contributed by atoms with E-state index >= 15 is 0 Å². The summed E-state index contributed by atoms with van der Waals surface area (Å²) in [4.78, 5) is 20.0. The number of methoxy groups -OCH3 is 1. The Morgan fingerprint density at radius 2 is 1.60 bits per heavy atom. The minimum absolute atomic E-state index is 0.178. The van der Waals surface area contributed by atoms with Crippen LogP contribution in [0.4, 0.5) is 5.69 Å². The Kier molecular flexibility index (Phi) is 6.58. The maximum atomic E-state index is 13.1. The number of piperazine rings is 1. The lowest BCUT2D eigenvalue weighted by molar-refractivity contribution is -0.137. The van der Waals surface area contributed by atoms with Crippen molar-refractivity contribution in [2.45, 2.75) is 26.3 Å². The normalized spacial score (nSPS) is 18.5. The van der Waals surface area contributed by atoms with Gasteiger partial charge in [-0.15, -0.1) is 0 Å². The molecule has 2 heterocycles. The van der Waals surface area contributed by atoms with Crippen molar-refractivity contribution in [3.05, 3.63) is 59.7 Å². The summed E-state index contributed by atoms with van der Waals surface area (Å²) < 4.78 is 5.50. The number of benzene rings is 2. The molecule has 2 aromatic rings. The number of carbonyl (C=O) groups excluding carboxylic acids is 1. The molecule has 2 saturated heterocycles. The molecule has 160 valence electrons.